The third kappa shape index (κ3) is 1.94. The van der Waals surface area contributed by atoms with Crippen molar-refractivity contribution in [1.29, 1.82) is 0 Å². The summed E-state index contributed by atoms with van der Waals surface area (Å²) in [6.07, 6.45) is 2.02. The first-order valence-corrected chi connectivity index (χ1v) is 6.84. The lowest BCUT2D eigenvalue weighted by Gasteiger charge is -2.08. The number of nitrogens with zero attached hydrogens (tertiary/aromatic N) is 1. The molecule has 1 aliphatic rings. The Morgan fingerprint density at radius 1 is 1.19 bits per heavy atom. The highest BCUT2D eigenvalue weighted by Crippen LogP contribution is 2.25. The fraction of sp³-hybridized carbons (Fsp3) is 0.125. The summed E-state index contributed by atoms with van der Waals surface area (Å²) < 4.78 is 12.6. The molecule has 0 spiro atoms. The molecule has 4 rings (SSSR count). The minimum absolute atomic E-state index is 0.473. The minimum Gasteiger partial charge on any atom is -0.497 e. The van der Waals surface area contributed by atoms with E-state index < -0.39 is 7.12 Å². The molecule has 0 amide bonds. The van der Waals surface area contributed by atoms with E-state index in [1.165, 1.54) is 0 Å². The van der Waals surface area contributed by atoms with Crippen molar-refractivity contribution in [1.82, 2.24) is 4.57 Å². The Morgan fingerprint density at radius 2 is 2.10 bits per heavy atom. The van der Waals surface area contributed by atoms with E-state index in [2.05, 4.69) is 10.6 Å². The smallest absolute Gasteiger partial charge is 0.491 e. The maximum absolute atomic E-state index is 9.84. The Balaban J connectivity index is 1.85. The van der Waals surface area contributed by atoms with Crippen LogP contribution in [0.2, 0.25) is 0 Å². The van der Waals surface area contributed by atoms with Crippen LogP contribution in [0.3, 0.4) is 0 Å². The summed E-state index contributed by atoms with van der Waals surface area (Å²) in [6, 6.07) is 14.1. The van der Waals surface area contributed by atoms with Crippen LogP contribution in [-0.4, -0.2) is 23.8 Å². The van der Waals surface area contributed by atoms with E-state index >= 15 is 0 Å². The molecular weight excluding hydrogens is 265 g/mol. The molecule has 0 aliphatic carbocycles. The van der Waals surface area contributed by atoms with Gasteiger partial charge in [-0.25, -0.2) is 0 Å². The predicted molar refractivity (Wildman–Crippen MR) is 82.2 cm³/mol. The Hall–Kier alpha value is -2.24. The normalized spacial score (nSPS) is 13.7. The fourth-order valence-corrected chi connectivity index (χ4v) is 2.82. The first kappa shape index (κ1) is 12.5. The second-order valence-corrected chi connectivity index (χ2v) is 5.16. The van der Waals surface area contributed by atoms with Crippen molar-refractivity contribution in [3.8, 4) is 11.4 Å². The highest BCUT2D eigenvalue weighted by molar-refractivity contribution is 6.61. The number of ether oxygens (including phenoxy) is 1. The van der Waals surface area contributed by atoms with Crippen LogP contribution in [0.1, 0.15) is 5.56 Å². The van der Waals surface area contributed by atoms with Crippen molar-refractivity contribution >= 4 is 23.5 Å². The first-order valence-electron chi connectivity index (χ1n) is 6.84. The Labute approximate surface area is 122 Å². The number of aromatic nitrogens is 1. The molecule has 0 fully saturated rings. The lowest BCUT2D eigenvalue weighted by molar-refractivity contribution is 0.275. The highest BCUT2D eigenvalue weighted by Gasteiger charge is 2.27. The number of hydrogen-bond acceptors (Lipinski definition) is 3. The average molecular weight is 279 g/mol. The van der Waals surface area contributed by atoms with Crippen LogP contribution in [0.5, 0.6) is 5.75 Å². The first-order chi connectivity index (χ1) is 10.3. The summed E-state index contributed by atoms with van der Waals surface area (Å²) in [5, 5.41) is 11.0. The quantitative estimate of drug-likeness (QED) is 0.728. The second kappa shape index (κ2) is 4.65. The summed E-state index contributed by atoms with van der Waals surface area (Å²) >= 11 is 0. The third-order valence-corrected chi connectivity index (χ3v) is 3.97. The van der Waals surface area contributed by atoms with Crippen molar-refractivity contribution in [2.24, 2.45) is 0 Å². The van der Waals surface area contributed by atoms with Crippen LogP contribution in [0.4, 0.5) is 0 Å². The van der Waals surface area contributed by atoms with Crippen molar-refractivity contribution in [3.63, 3.8) is 0 Å². The van der Waals surface area contributed by atoms with Gasteiger partial charge in [-0.2, -0.15) is 0 Å². The van der Waals surface area contributed by atoms with Gasteiger partial charge in [-0.1, -0.05) is 6.07 Å². The van der Waals surface area contributed by atoms with Gasteiger partial charge in [-0.3, -0.25) is 0 Å². The zero-order valence-corrected chi connectivity index (χ0v) is 11.6. The van der Waals surface area contributed by atoms with E-state index in [0.29, 0.717) is 6.61 Å². The number of hydrogen-bond donors (Lipinski definition) is 1. The van der Waals surface area contributed by atoms with Gasteiger partial charge in [0.25, 0.3) is 0 Å². The lowest BCUT2D eigenvalue weighted by Crippen LogP contribution is -2.28. The van der Waals surface area contributed by atoms with Gasteiger partial charge in [0.15, 0.2) is 0 Å². The number of benzene rings is 2. The van der Waals surface area contributed by atoms with Crippen molar-refractivity contribution in [2.45, 2.75) is 6.61 Å². The van der Waals surface area contributed by atoms with E-state index in [-0.39, 0.29) is 0 Å². The Morgan fingerprint density at radius 3 is 2.95 bits per heavy atom. The standard InChI is InChI=1S/C16H14BNO3/c1-20-14-4-5-16-11(8-14)6-7-18(16)13-3-2-12-10-21-17(19)15(12)9-13/h2-9,19H,10H2,1H3. The van der Waals surface area contributed by atoms with Crippen molar-refractivity contribution in [3.05, 3.63) is 54.2 Å². The molecule has 104 valence electrons. The molecule has 0 atom stereocenters. The fourth-order valence-electron chi connectivity index (χ4n) is 2.82. The molecular formula is C16H14BNO3. The molecule has 2 aromatic carbocycles. The lowest BCUT2D eigenvalue weighted by atomic mass is 9.79. The van der Waals surface area contributed by atoms with Crippen molar-refractivity contribution in [2.75, 3.05) is 7.11 Å². The largest absolute Gasteiger partial charge is 0.497 e. The number of rotatable bonds is 2. The summed E-state index contributed by atoms with van der Waals surface area (Å²) in [6.45, 7) is 0.473. The molecule has 0 bridgehead atoms. The number of methoxy groups -OCH3 is 1. The van der Waals surface area contributed by atoms with E-state index in [4.69, 9.17) is 9.39 Å². The molecule has 0 saturated heterocycles. The molecule has 1 aliphatic heterocycles. The van der Waals surface area contributed by atoms with Gasteiger partial charge in [0.1, 0.15) is 5.75 Å². The van der Waals surface area contributed by atoms with Gasteiger partial charge in [-0.05, 0) is 47.4 Å². The average Bonchev–Trinajstić information content (AvgIpc) is 3.10. The molecule has 21 heavy (non-hydrogen) atoms. The van der Waals surface area contributed by atoms with Crippen LogP contribution in [-0.2, 0) is 11.3 Å². The van der Waals surface area contributed by atoms with E-state index in [1.807, 2.05) is 42.6 Å². The van der Waals surface area contributed by atoms with Gasteiger partial charge >= 0.3 is 7.12 Å². The van der Waals surface area contributed by atoms with Crippen LogP contribution in [0.15, 0.2) is 48.7 Å². The summed E-state index contributed by atoms with van der Waals surface area (Å²) in [5.41, 5.74) is 4.01. The van der Waals surface area contributed by atoms with Crippen LogP contribution in [0.25, 0.3) is 16.6 Å². The van der Waals surface area contributed by atoms with Gasteiger partial charge in [0.05, 0.1) is 19.2 Å². The van der Waals surface area contributed by atoms with Gasteiger partial charge in [0.2, 0.25) is 0 Å². The minimum atomic E-state index is -0.818. The molecule has 2 heterocycles. The van der Waals surface area contributed by atoms with Crippen LogP contribution >= 0.6 is 0 Å². The molecule has 0 radical (unpaired) electrons. The predicted octanol–water partition coefficient (Wildman–Crippen LogP) is 1.86. The Kier molecular flexibility index (Phi) is 2.77. The summed E-state index contributed by atoms with van der Waals surface area (Å²) in [4.78, 5) is 0. The summed E-state index contributed by atoms with van der Waals surface area (Å²) in [5.74, 6) is 0.845. The van der Waals surface area contributed by atoms with Crippen molar-refractivity contribution < 1.29 is 14.4 Å². The van der Waals surface area contributed by atoms with Crippen LogP contribution in [0, 0.1) is 0 Å². The molecule has 0 unspecified atom stereocenters. The molecule has 0 saturated carbocycles. The molecule has 4 nitrogen and oxygen atoms in total. The maximum Gasteiger partial charge on any atom is 0.491 e. The van der Waals surface area contributed by atoms with Gasteiger partial charge in [0, 0.05) is 17.3 Å². The third-order valence-electron chi connectivity index (χ3n) is 3.97. The zero-order valence-electron chi connectivity index (χ0n) is 11.6. The van der Waals surface area contributed by atoms with E-state index in [9.17, 15) is 5.02 Å². The molecule has 3 aromatic rings. The highest BCUT2D eigenvalue weighted by atomic mass is 16.5. The van der Waals surface area contributed by atoms with E-state index in [0.717, 1.165) is 33.4 Å². The topological polar surface area (TPSA) is 43.6 Å². The van der Waals surface area contributed by atoms with E-state index in [1.54, 1.807) is 7.11 Å². The number of fused-ring (bicyclic) bond motifs is 2. The summed E-state index contributed by atoms with van der Waals surface area (Å²) in [7, 11) is 0.849. The molecule has 1 N–H and O–H groups in total. The second-order valence-electron chi connectivity index (χ2n) is 5.16. The molecule has 1 aromatic heterocycles. The maximum atomic E-state index is 9.84. The SMILES string of the molecule is COc1ccc2c(ccn2-c2ccc3c(c2)B(O)OC3)c1. The molecule has 5 heteroatoms. The van der Waals surface area contributed by atoms with Gasteiger partial charge < -0.3 is 19.0 Å². The monoisotopic (exact) mass is 279 g/mol. The zero-order chi connectivity index (χ0) is 14.4. The van der Waals surface area contributed by atoms with Crippen LogP contribution < -0.4 is 10.2 Å². The van der Waals surface area contributed by atoms with Gasteiger partial charge in [-0.15, -0.1) is 0 Å². The Bertz CT molecular complexity index is 828.